The van der Waals surface area contributed by atoms with E-state index in [1.807, 2.05) is 0 Å². The van der Waals surface area contributed by atoms with Gasteiger partial charge in [0.05, 0.1) is 13.7 Å². The summed E-state index contributed by atoms with van der Waals surface area (Å²) in [6.45, 7) is 3.64. The predicted molar refractivity (Wildman–Crippen MR) is 82.0 cm³/mol. The standard InChI is InChI=1S/C16H28O8/c1-16(2)23-13-10(9-17)22-15(12(19)14(13)24-16)21-8-6-4-5-7-11(18)20-3/h10,12-15,17,19H,4-9H2,1-3H3/t10-,12-,13+,14-,15-/m1/s1. The molecule has 0 amide bonds. The average molecular weight is 348 g/mol. The fourth-order valence-electron chi connectivity index (χ4n) is 2.99. The number of hydrogen-bond acceptors (Lipinski definition) is 8. The zero-order chi connectivity index (χ0) is 17.7. The largest absolute Gasteiger partial charge is 0.469 e. The summed E-state index contributed by atoms with van der Waals surface area (Å²) in [6, 6.07) is 0. The lowest BCUT2D eigenvalue weighted by atomic mass is 9.99. The highest BCUT2D eigenvalue weighted by Gasteiger charge is 2.54. The first kappa shape index (κ1) is 19.6. The van der Waals surface area contributed by atoms with Crippen LogP contribution in [-0.4, -0.2) is 73.0 Å². The van der Waals surface area contributed by atoms with Crippen molar-refractivity contribution in [3.63, 3.8) is 0 Å². The van der Waals surface area contributed by atoms with Gasteiger partial charge in [-0.25, -0.2) is 0 Å². The van der Waals surface area contributed by atoms with E-state index in [9.17, 15) is 15.0 Å². The molecule has 2 N–H and O–H groups in total. The van der Waals surface area contributed by atoms with Crippen molar-refractivity contribution in [3.8, 4) is 0 Å². The fourth-order valence-corrected chi connectivity index (χ4v) is 2.99. The average Bonchev–Trinajstić information content (AvgIpc) is 2.88. The van der Waals surface area contributed by atoms with Crippen LogP contribution in [0.4, 0.5) is 0 Å². The van der Waals surface area contributed by atoms with Crippen LogP contribution in [0.2, 0.25) is 0 Å². The van der Waals surface area contributed by atoms with E-state index < -0.39 is 36.5 Å². The second kappa shape index (κ2) is 8.55. The molecule has 0 aromatic carbocycles. The van der Waals surface area contributed by atoms with Gasteiger partial charge in [-0.1, -0.05) is 6.42 Å². The third kappa shape index (κ3) is 4.87. The van der Waals surface area contributed by atoms with E-state index in [4.69, 9.17) is 18.9 Å². The number of ether oxygens (including phenoxy) is 5. The van der Waals surface area contributed by atoms with Crippen molar-refractivity contribution in [1.82, 2.24) is 0 Å². The van der Waals surface area contributed by atoms with Gasteiger partial charge < -0.3 is 33.9 Å². The third-order valence-electron chi connectivity index (χ3n) is 4.17. The zero-order valence-corrected chi connectivity index (χ0v) is 14.5. The van der Waals surface area contributed by atoms with Crippen LogP contribution in [0.15, 0.2) is 0 Å². The number of rotatable bonds is 8. The minimum absolute atomic E-state index is 0.222. The monoisotopic (exact) mass is 348 g/mol. The maximum Gasteiger partial charge on any atom is 0.305 e. The summed E-state index contributed by atoms with van der Waals surface area (Å²) >= 11 is 0. The van der Waals surface area contributed by atoms with Crippen LogP contribution >= 0.6 is 0 Å². The molecule has 140 valence electrons. The Labute approximate surface area is 142 Å². The highest BCUT2D eigenvalue weighted by atomic mass is 16.8. The number of unbranched alkanes of at least 4 members (excludes halogenated alkanes) is 2. The Bertz CT molecular complexity index is 413. The zero-order valence-electron chi connectivity index (χ0n) is 14.5. The Hall–Kier alpha value is -0.770. The number of aliphatic hydroxyl groups is 2. The maximum atomic E-state index is 11.0. The third-order valence-corrected chi connectivity index (χ3v) is 4.17. The highest BCUT2D eigenvalue weighted by molar-refractivity contribution is 5.68. The second-order valence-electron chi connectivity index (χ2n) is 6.54. The van der Waals surface area contributed by atoms with Crippen LogP contribution < -0.4 is 0 Å². The predicted octanol–water partition coefficient (Wildman–Crippen LogP) is 0.335. The summed E-state index contributed by atoms with van der Waals surface area (Å²) in [6.07, 6.45) is -0.963. The molecule has 0 aromatic heterocycles. The van der Waals surface area contributed by atoms with Gasteiger partial charge >= 0.3 is 5.97 Å². The molecule has 24 heavy (non-hydrogen) atoms. The minimum Gasteiger partial charge on any atom is -0.469 e. The number of carbonyl (C=O) groups excluding carboxylic acids is 1. The molecule has 0 aliphatic carbocycles. The lowest BCUT2D eigenvalue weighted by Gasteiger charge is -2.39. The summed E-state index contributed by atoms with van der Waals surface area (Å²) in [5.41, 5.74) is 0. The Balaban J connectivity index is 1.76. The van der Waals surface area contributed by atoms with Gasteiger partial charge in [-0.15, -0.1) is 0 Å². The molecule has 2 aliphatic heterocycles. The fraction of sp³-hybridized carbons (Fsp3) is 0.938. The number of carbonyl (C=O) groups is 1. The molecule has 0 bridgehead atoms. The number of methoxy groups -OCH3 is 1. The molecular weight excluding hydrogens is 320 g/mol. The Morgan fingerprint density at radius 1 is 1.17 bits per heavy atom. The van der Waals surface area contributed by atoms with Gasteiger partial charge in [0.15, 0.2) is 12.1 Å². The topological polar surface area (TPSA) is 104 Å². The van der Waals surface area contributed by atoms with Crippen LogP contribution in [0, 0.1) is 0 Å². The van der Waals surface area contributed by atoms with Crippen LogP contribution in [0.5, 0.6) is 0 Å². The van der Waals surface area contributed by atoms with Crippen LogP contribution in [-0.2, 0) is 28.5 Å². The summed E-state index contributed by atoms with van der Waals surface area (Å²) < 4.78 is 27.2. The summed E-state index contributed by atoms with van der Waals surface area (Å²) in [5.74, 6) is -1.06. The molecule has 2 aliphatic rings. The number of esters is 1. The number of fused-ring (bicyclic) bond motifs is 1. The van der Waals surface area contributed by atoms with Gasteiger partial charge in [-0.3, -0.25) is 4.79 Å². The first-order valence-electron chi connectivity index (χ1n) is 8.36. The molecule has 0 aromatic rings. The molecule has 2 heterocycles. The van der Waals surface area contributed by atoms with Crippen molar-refractivity contribution in [2.75, 3.05) is 20.3 Å². The molecule has 2 saturated heterocycles. The molecule has 0 saturated carbocycles. The van der Waals surface area contributed by atoms with Crippen molar-refractivity contribution < 1.29 is 38.7 Å². The van der Waals surface area contributed by atoms with Crippen molar-refractivity contribution >= 4 is 5.97 Å². The Kier molecular flexibility index (Phi) is 6.97. The molecule has 8 heteroatoms. The van der Waals surface area contributed by atoms with Gasteiger partial charge in [-0.05, 0) is 26.7 Å². The van der Waals surface area contributed by atoms with Crippen LogP contribution in [0.25, 0.3) is 0 Å². The summed E-state index contributed by atoms with van der Waals surface area (Å²) in [5, 5.41) is 19.9. The van der Waals surface area contributed by atoms with Crippen molar-refractivity contribution in [1.29, 1.82) is 0 Å². The van der Waals surface area contributed by atoms with Gasteiger partial charge in [0.2, 0.25) is 0 Å². The quantitative estimate of drug-likeness (QED) is 0.478. The van der Waals surface area contributed by atoms with E-state index in [0.717, 1.165) is 19.3 Å². The van der Waals surface area contributed by atoms with E-state index in [-0.39, 0.29) is 12.6 Å². The van der Waals surface area contributed by atoms with Gasteiger partial charge in [0.1, 0.15) is 24.4 Å². The molecule has 5 atom stereocenters. The molecular formula is C16H28O8. The summed E-state index contributed by atoms with van der Waals surface area (Å²) in [4.78, 5) is 11.0. The number of aliphatic hydroxyl groups excluding tert-OH is 2. The number of hydrogen-bond donors (Lipinski definition) is 2. The first-order chi connectivity index (χ1) is 11.4. The normalized spacial score (nSPS) is 34.8. The molecule has 0 unspecified atom stereocenters. The van der Waals surface area contributed by atoms with Gasteiger partial charge in [0, 0.05) is 13.0 Å². The maximum absolute atomic E-state index is 11.0. The van der Waals surface area contributed by atoms with Crippen LogP contribution in [0.1, 0.15) is 39.5 Å². The minimum atomic E-state index is -0.991. The molecule has 8 nitrogen and oxygen atoms in total. The molecule has 2 rings (SSSR count). The van der Waals surface area contributed by atoms with E-state index in [0.29, 0.717) is 13.0 Å². The lowest BCUT2D eigenvalue weighted by Crippen LogP contribution is -2.58. The molecule has 0 spiro atoms. The van der Waals surface area contributed by atoms with E-state index in [1.165, 1.54) is 7.11 Å². The first-order valence-corrected chi connectivity index (χ1v) is 8.36. The van der Waals surface area contributed by atoms with E-state index in [1.54, 1.807) is 13.8 Å². The summed E-state index contributed by atoms with van der Waals surface area (Å²) in [7, 11) is 1.37. The lowest BCUT2D eigenvalue weighted by molar-refractivity contribution is -0.282. The molecule has 0 radical (unpaired) electrons. The van der Waals surface area contributed by atoms with Crippen molar-refractivity contribution in [2.45, 2.75) is 76.0 Å². The SMILES string of the molecule is COC(=O)CCCCCO[C@@H]1O[C@H](CO)[C@@H]2OC(C)(C)O[C@@H]2[C@H]1O. The van der Waals surface area contributed by atoms with Crippen molar-refractivity contribution in [2.24, 2.45) is 0 Å². The Morgan fingerprint density at radius 2 is 1.88 bits per heavy atom. The van der Waals surface area contributed by atoms with E-state index in [2.05, 4.69) is 4.74 Å². The Morgan fingerprint density at radius 3 is 2.54 bits per heavy atom. The van der Waals surface area contributed by atoms with Gasteiger partial charge in [0.25, 0.3) is 0 Å². The van der Waals surface area contributed by atoms with Gasteiger partial charge in [-0.2, -0.15) is 0 Å². The highest BCUT2D eigenvalue weighted by Crippen LogP contribution is 2.37. The smallest absolute Gasteiger partial charge is 0.305 e. The van der Waals surface area contributed by atoms with Crippen molar-refractivity contribution in [3.05, 3.63) is 0 Å². The second-order valence-corrected chi connectivity index (χ2v) is 6.54. The van der Waals surface area contributed by atoms with Crippen LogP contribution in [0.3, 0.4) is 0 Å². The van der Waals surface area contributed by atoms with E-state index >= 15 is 0 Å². The molecule has 2 fully saturated rings.